The van der Waals surface area contributed by atoms with E-state index >= 15 is 0 Å². The Hall–Kier alpha value is -3.10. The maximum absolute atomic E-state index is 11.5. The molecule has 0 atom stereocenters. The summed E-state index contributed by atoms with van der Waals surface area (Å²) in [6.07, 6.45) is 0.146. The van der Waals surface area contributed by atoms with Crippen LogP contribution in [0, 0.1) is 0 Å². The van der Waals surface area contributed by atoms with Crippen LogP contribution in [-0.2, 0) is 6.42 Å². The highest BCUT2D eigenvalue weighted by Crippen LogP contribution is 2.37. The molecule has 3 aromatic rings. The molecule has 1 aromatic heterocycles. The standard InChI is InChI=1S/C22H23NO6S/c1-3-28-18-6-5-14(11-19(18)29-4-2)21-23-17(12-30-21)15-9-13(7-8-24)20(25)16(10-15)22(26)27/h5-6,9-12,24-25H,3-4,7-8H2,1-2H3,(H,26,27). The molecule has 7 nitrogen and oxygen atoms in total. The molecule has 2 aromatic carbocycles. The number of aliphatic hydroxyl groups is 1. The zero-order valence-corrected chi connectivity index (χ0v) is 17.5. The van der Waals surface area contributed by atoms with E-state index in [0.29, 0.717) is 41.5 Å². The van der Waals surface area contributed by atoms with Crippen molar-refractivity contribution in [2.24, 2.45) is 0 Å². The topological polar surface area (TPSA) is 109 Å². The van der Waals surface area contributed by atoms with Crippen LogP contribution in [0.15, 0.2) is 35.7 Å². The second kappa shape index (κ2) is 9.60. The minimum atomic E-state index is -1.24. The third kappa shape index (κ3) is 4.55. The van der Waals surface area contributed by atoms with E-state index in [1.807, 2.05) is 37.4 Å². The summed E-state index contributed by atoms with van der Waals surface area (Å²) in [6.45, 7) is 4.64. The Morgan fingerprint density at radius 3 is 2.47 bits per heavy atom. The number of carboxylic acids is 1. The Balaban J connectivity index is 2.00. The van der Waals surface area contributed by atoms with Crippen molar-refractivity contribution >= 4 is 17.3 Å². The summed E-state index contributed by atoms with van der Waals surface area (Å²) in [5.74, 6) is -0.268. The first-order chi connectivity index (χ1) is 14.5. The van der Waals surface area contributed by atoms with E-state index in [4.69, 9.17) is 9.47 Å². The summed E-state index contributed by atoms with van der Waals surface area (Å²) in [5.41, 5.74) is 2.15. The lowest BCUT2D eigenvalue weighted by atomic mass is 10.0. The maximum Gasteiger partial charge on any atom is 0.339 e. The van der Waals surface area contributed by atoms with Crippen LogP contribution in [0.25, 0.3) is 21.8 Å². The predicted octanol–water partition coefficient (Wildman–Crippen LogP) is 4.21. The molecule has 0 aliphatic rings. The number of carbonyl (C=O) groups is 1. The number of thiazole rings is 1. The Kier molecular flexibility index (Phi) is 6.91. The number of aliphatic hydroxyl groups excluding tert-OH is 1. The first-order valence-electron chi connectivity index (χ1n) is 9.54. The zero-order chi connectivity index (χ0) is 21.7. The average molecular weight is 429 g/mol. The van der Waals surface area contributed by atoms with Crippen LogP contribution in [0.2, 0.25) is 0 Å². The van der Waals surface area contributed by atoms with E-state index in [1.165, 1.54) is 17.4 Å². The Morgan fingerprint density at radius 1 is 1.07 bits per heavy atom. The van der Waals surface area contributed by atoms with Gasteiger partial charge in [-0.25, -0.2) is 9.78 Å². The lowest BCUT2D eigenvalue weighted by Crippen LogP contribution is -2.02. The van der Waals surface area contributed by atoms with Gasteiger partial charge in [-0.2, -0.15) is 0 Å². The van der Waals surface area contributed by atoms with Gasteiger partial charge in [-0.05, 0) is 56.2 Å². The zero-order valence-electron chi connectivity index (χ0n) is 16.7. The van der Waals surface area contributed by atoms with Crippen LogP contribution in [0.1, 0.15) is 29.8 Å². The molecule has 8 heteroatoms. The van der Waals surface area contributed by atoms with Gasteiger partial charge in [0.05, 0.1) is 18.9 Å². The molecule has 0 fully saturated rings. The molecule has 0 aliphatic carbocycles. The van der Waals surface area contributed by atoms with Gasteiger partial charge in [0.25, 0.3) is 0 Å². The fourth-order valence-electron chi connectivity index (χ4n) is 3.04. The van der Waals surface area contributed by atoms with Gasteiger partial charge in [0, 0.05) is 23.1 Å². The minimum absolute atomic E-state index is 0.146. The highest BCUT2D eigenvalue weighted by atomic mass is 32.1. The first kappa shape index (κ1) is 21.6. The van der Waals surface area contributed by atoms with Crippen LogP contribution in [0.3, 0.4) is 0 Å². The van der Waals surface area contributed by atoms with E-state index in [0.717, 1.165) is 10.6 Å². The van der Waals surface area contributed by atoms with Gasteiger partial charge in [0.15, 0.2) is 11.5 Å². The quantitative estimate of drug-likeness (QED) is 0.467. The number of hydrogen-bond acceptors (Lipinski definition) is 7. The normalized spacial score (nSPS) is 10.8. The van der Waals surface area contributed by atoms with Crippen molar-refractivity contribution in [1.82, 2.24) is 4.98 Å². The van der Waals surface area contributed by atoms with Gasteiger partial charge in [-0.3, -0.25) is 0 Å². The molecule has 0 amide bonds. The molecule has 30 heavy (non-hydrogen) atoms. The fraction of sp³-hybridized carbons (Fsp3) is 0.273. The highest BCUT2D eigenvalue weighted by molar-refractivity contribution is 7.13. The molecule has 0 saturated carbocycles. The third-order valence-corrected chi connectivity index (χ3v) is 5.28. The van der Waals surface area contributed by atoms with Crippen LogP contribution in [0.4, 0.5) is 0 Å². The summed E-state index contributed by atoms with van der Waals surface area (Å²) in [7, 11) is 0. The van der Waals surface area contributed by atoms with Crippen LogP contribution >= 0.6 is 11.3 Å². The van der Waals surface area contributed by atoms with Gasteiger partial charge in [0.1, 0.15) is 16.3 Å². The van der Waals surface area contributed by atoms with Gasteiger partial charge in [-0.1, -0.05) is 0 Å². The lowest BCUT2D eigenvalue weighted by molar-refractivity contribution is 0.0693. The van der Waals surface area contributed by atoms with Crippen molar-refractivity contribution < 1.29 is 29.6 Å². The molecule has 1 heterocycles. The molecular weight excluding hydrogens is 406 g/mol. The van der Waals surface area contributed by atoms with Crippen molar-refractivity contribution in [1.29, 1.82) is 0 Å². The average Bonchev–Trinajstić information content (AvgIpc) is 3.21. The van der Waals surface area contributed by atoms with Crippen molar-refractivity contribution in [3.63, 3.8) is 0 Å². The summed E-state index contributed by atoms with van der Waals surface area (Å²) >= 11 is 1.41. The van der Waals surface area contributed by atoms with E-state index in [1.54, 1.807) is 6.07 Å². The molecule has 3 N–H and O–H groups in total. The van der Waals surface area contributed by atoms with Crippen molar-refractivity contribution in [2.45, 2.75) is 20.3 Å². The number of rotatable bonds is 9. The van der Waals surface area contributed by atoms with E-state index in [9.17, 15) is 20.1 Å². The minimum Gasteiger partial charge on any atom is -0.507 e. The molecule has 158 valence electrons. The van der Waals surface area contributed by atoms with Gasteiger partial charge < -0.3 is 24.8 Å². The second-order valence-corrected chi connectivity index (χ2v) is 7.23. The number of phenols is 1. The lowest BCUT2D eigenvalue weighted by Gasteiger charge is -2.11. The number of ether oxygens (including phenoxy) is 2. The molecule has 0 unspecified atom stereocenters. The molecule has 0 aliphatic heterocycles. The number of hydrogen-bond donors (Lipinski definition) is 3. The molecule has 3 rings (SSSR count). The summed E-state index contributed by atoms with van der Waals surface area (Å²) in [4.78, 5) is 16.2. The summed E-state index contributed by atoms with van der Waals surface area (Å²) in [6, 6.07) is 8.65. The van der Waals surface area contributed by atoms with Crippen LogP contribution in [0.5, 0.6) is 17.2 Å². The van der Waals surface area contributed by atoms with Crippen molar-refractivity contribution in [3.05, 3.63) is 46.8 Å². The Bertz CT molecular complexity index is 1050. The Labute approximate surface area is 178 Å². The number of aromatic carboxylic acids is 1. The summed E-state index contributed by atoms with van der Waals surface area (Å²) in [5, 5.41) is 31.3. The smallest absolute Gasteiger partial charge is 0.339 e. The highest BCUT2D eigenvalue weighted by Gasteiger charge is 2.18. The van der Waals surface area contributed by atoms with E-state index in [-0.39, 0.29) is 24.3 Å². The summed E-state index contributed by atoms with van der Waals surface area (Å²) < 4.78 is 11.3. The maximum atomic E-state index is 11.5. The van der Waals surface area contributed by atoms with E-state index in [2.05, 4.69) is 4.98 Å². The molecule has 0 spiro atoms. The number of aromatic nitrogens is 1. The number of benzene rings is 2. The van der Waals surface area contributed by atoms with Gasteiger partial charge in [0.2, 0.25) is 0 Å². The van der Waals surface area contributed by atoms with Crippen molar-refractivity contribution in [3.8, 4) is 39.1 Å². The first-order valence-corrected chi connectivity index (χ1v) is 10.4. The largest absolute Gasteiger partial charge is 0.507 e. The Morgan fingerprint density at radius 2 is 1.80 bits per heavy atom. The number of aromatic hydroxyl groups is 1. The SMILES string of the molecule is CCOc1ccc(-c2nc(-c3cc(CCO)c(O)c(C(=O)O)c3)cs2)cc1OCC. The second-order valence-electron chi connectivity index (χ2n) is 6.38. The fourth-order valence-corrected chi connectivity index (χ4v) is 3.87. The molecule has 0 saturated heterocycles. The van der Waals surface area contributed by atoms with Gasteiger partial charge >= 0.3 is 5.97 Å². The number of carboxylic acid groups (broad SMARTS) is 1. The van der Waals surface area contributed by atoms with Crippen LogP contribution < -0.4 is 9.47 Å². The van der Waals surface area contributed by atoms with Crippen LogP contribution in [-0.4, -0.2) is 46.1 Å². The van der Waals surface area contributed by atoms with Crippen molar-refractivity contribution in [2.75, 3.05) is 19.8 Å². The van der Waals surface area contributed by atoms with Gasteiger partial charge in [-0.15, -0.1) is 11.3 Å². The molecule has 0 bridgehead atoms. The monoisotopic (exact) mass is 429 g/mol. The van der Waals surface area contributed by atoms with E-state index < -0.39 is 5.97 Å². The number of nitrogens with zero attached hydrogens (tertiary/aromatic N) is 1. The third-order valence-electron chi connectivity index (χ3n) is 4.39. The predicted molar refractivity (Wildman–Crippen MR) is 115 cm³/mol. The molecular formula is C22H23NO6S. The molecule has 0 radical (unpaired) electrons.